The molecular formula is C25H22ClN5O2. The zero-order valence-electron chi connectivity index (χ0n) is 17.8. The third-order valence-corrected chi connectivity index (χ3v) is 5.85. The van der Waals surface area contributed by atoms with Crippen molar-refractivity contribution in [2.75, 3.05) is 5.32 Å². The van der Waals surface area contributed by atoms with Crippen LogP contribution < -0.4 is 10.1 Å². The standard InChI is InChI=1S/C25H22ClN5O2/c26-20-4-1-3-19(11-20)22-13-23(22)25(32)29-24-12-21(14-27-30-24)33-16-18-7-5-17(6-8-18)15-31-10-2-9-28-31/h1-12,14,22-23H,13,15-16H2,(H,29,30,32). The fraction of sp³-hybridized carbons (Fsp3) is 0.200. The van der Waals surface area contributed by atoms with E-state index in [1.807, 2.05) is 53.3 Å². The SMILES string of the molecule is O=C(Nc1cc(OCc2ccc(Cn3cccn3)cc2)cnn1)C1CC1c1cccc(Cl)c1. The monoisotopic (exact) mass is 459 g/mol. The number of hydrogen-bond donors (Lipinski definition) is 1. The lowest BCUT2D eigenvalue weighted by molar-refractivity contribution is -0.117. The molecule has 0 spiro atoms. The van der Waals surface area contributed by atoms with E-state index in [1.165, 1.54) is 6.20 Å². The molecule has 8 heteroatoms. The number of aromatic nitrogens is 4. The summed E-state index contributed by atoms with van der Waals surface area (Å²) in [5.41, 5.74) is 3.28. The average molecular weight is 460 g/mol. The van der Waals surface area contributed by atoms with E-state index in [0.717, 1.165) is 29.7 Å². The molecule has 1 aliphatic rings. The van der Waals surface area contributed by atoms with E-state index in [9.17, 15) is 4.79 Å². The summed E-state index contributed by atoms with van der Waals surface area (Å²) in [6.07, 6.45) is 6.04. The Morgan fingerprint density at radius 1 is 1.12 bits per heavy atom. The first-order chi connectivity index (χ1) is 16.1. The zero-order chi connectivity index (χ0) is 22.6. The van der Waals surface area contributed by atoms with Gasteiger partial charge in [0, 0.05) is 29.4 Å². The largest absolute Gasteiger partial charge is 0.487 e. The van der Waals surface area contributed by atoms with Crippen LogP contribution in [0.1, 0.15) is 29.0 Å². The van der Waals surface area contributed by atoms with Crippen molar-refractivity contribution in [1.82, 2.24) is 20.0 Å². The minimum absolute atomic E-state index is 0.0702. The predicted molar refractivity (Wildman–Crippen MR) is 125 cm³/mol. The Kier molecular flexibility index (Phi) is 6.04. The minimum Gasteiger partial charge on any atom is -0.487 e. The van der Waals surface area contributed by atoms with Gasteiger partial charge in [-0.1, -0.05) is 48.0 Å². The first-order valence-electron chi connectivity index (χ1n) is 10.7. The highest BCUT2D eigenvalue weighted by Gasteiger charge is 2.44. The molecule has 1 aliphatic carbocycles. The Bertz CT molecular complexity index is 1240. The van der Waals surface area contributed by atoms with E-state index in [-0.39, 0.29) is 17.7 Å². The number of amides is 1. The fourth-order valence-corrected chi connectivity index (χ4v) is 3.99. The second-order valence-electron chi connectivity index (χ2n) is 8.08. The zero-order valence-corrected chi connectivity index (χ0v) is 18.5. The van der Waals surface area contributed by atoms with Crippen molar-refractivity contribution < 1.29 is 9.53 Å². The third kappa shape index (κ3) is 5.38. The molecule has 1 amide bonds. The average Bonchev–Trinajstić information content (AvgIpc) is 3.48. The Balaban J connectivity index is 1.14. The summed E-state index contributed by atoms with van der Waals surface area (Å²) in [5.74, 6) is 0.952. The van der Waals surface area contributed by atoms with Gasteiger partial charge >= 0.3 is 0 Å². The summed E-state index contributed by atoms with van der Waals surface area (Å²) in [4.78, 5) is 12.6. The fourth-order valence-electron chi connectivity index (χ4n) is 3.79. The molecule has 2 aromatic heterocycles. The molecule has 0 saturated heterocycles. The van der Waals surface area contributed by atoms with Crippen molar-refractivity contribution in [3.63, 3.8) is 0 Å². The number of halogens is 1. The van der Waals surface area contributed by atoms with Crippen LogP contribution in [0.4, 0.5) is 5.82 Å². The van der Waals surface area contributed by atoms with Gasteiger partial charge in [0.05, 0.1) is 12.7 Å². The highest BCUT2D eigenvalue weighted by molar-refractivity contribution is 6.30. The topological polar surface area (TPSA) is 81.9 Å². The Morgan fingerprint density at radius 3 is 2.76 bits per heavy atom. The van der Waals surface area contributed by atoms with E-state index in [1.54, 1.807) is 12.3 Å². The molecule has 2 unspecified atom stereocenters. The number of benzene rings is 2. The van der Waals surface area contributed by atoms with Gasteiger partial charge in [0.2, 0.25) is 5.91 Å². The molecule has 2 heterocycles. The summed E-state index contributed by atoms with van der Waals surface area (Å²) in [5, 5.41) is 15.7. The number of carbonyl (C=O) groups is 1. The van der Waals surface area contributed by atoms with Crippen LogP contribution in [0.2, 0.25) is 5.02 Å². The van der Waals surface area contributed by atoms with E-state index in [4.69, 9.17) is 16.3 Å². The van der Waals surface area contributed by atoms with Gasteiger partial charge in [-0.25, -0.2) is 0 Å². The van der Waals surface area contributed by atoms with E-state index >= 15 is 0 Å². The lowest BCUT2D eigenvalue weighted by Gasteiger charge is -2.09. The van der Waals surface area contributed by atoms with E-state index in [2.05, 4.69) is 32.7 Å². The quantitative estimate of drug-likeness (QED) is 0.413. The summed E-state index contributed by atoms with van der Waals surface area (Å²) < 4.78 is 7.73. The number of carbonyl (C=O) groups excluding carboxylic acids is 1. The number of rotatable bonds is 8. The van der Waals surface area contributed by atoms with Crippen LogP contribution in [-0.2, 0) is 17.9 Å². The number of anilines is 1. The van der Waals surface area contributed by atoms with Crippen molar-refractivity contribution in [3.05, 3.63) is 101 Å². The summed E-state index contributed by atoms with van der Waals surface area (Å²) >= 11 is 6.07. The number of ether oxygens (including phenoxy) is 1. The Labute approximate surface area is 196 Å². The van der Waals surface area contributed by atoms with Gasteiger partial charge in [0.1, 0.15) is 12.4 Å². The van der Waals surface area contributed by atoms with E-state index in [0.29, 0.717) is 23.2 Å². The number of nitrogens with zero attached hydrogens (tertiary/aromatic N) is 4. The second-order valence-corrected chi connectivity index (χ2v) is 8.51. The first-order valence-corrected chi connectivity index (χ1v) is 11.1. The molecule has 1 N–H and O–H groups in total. The number of hydrogen-bond acceptors (Lipinski definition) is 5. The minimum atomic E-state index is -0.0879. The van der Waals surface area contributed by atoms with Crippen molar-refractivity contribution in [2.24, 2.45) is 5.92 Å². The first kappa shape index (κ1) is 21.2. The van der Waals surface area contributed by atoms with Gasteiger partial charge in [0.25, 0.3) is 0 Å². The van der Waals surface area contributed by atoms with Crippen LogP contribution in [0.5, 0.6) is 5.75 Å². The lowest BCUT2D eigenvalue weighted by atomic mass is 10.1. The van der Waals surface area contributed by atoms with Crippen molar-refractivity contribution in [1.29, 1.82) is 0 Å². The highest BCUT2D eigenvalue weighted by atomic mass is 35.5. The van der Waals surface area contributed by atoms with Crippen LogP contribution in [0.15, 0.2) is 79.3 Å². The Morgan fingerprint density at radius 2 is 1.97 bits per heavy atom. The molecule has 1 fully saturated rings. The molecule has 166 valence electrons. The molecule has 2 aromatic carbocycles. The van der Waals surface area contributed by atoms with Gasteiger partial charge in [-0.05, 0) is 47.2 Å². The van der Waals surface area contributed by atoms with Gasteiger partial charge in [-0.3, -0.25) is 9.48 Å². The summed E-state index contributed by atoms with van der Waals surface area (Å²) in [7, 11) is 0. The summed E-state index contributed by atoms with van der Waals surface area (Å²) in [6.45, 7) is 1.12. The maximum Gasteiger partial charge on any atom is 0.229 e. The van der Waals surface area contributed by atoms with E-state index < -0.39 is 0 Å². The second kappa shape index (κ2) is 9.42. The molecule has 7 nitrogen and oxygen atoms in total. The smallest absolute Gasteiger partial charge is 0.229 e. The molecule has 0 radical (unpaired) electrons. The van der Waals surface area contributed by atoms with Crippen LogP contribution in [0, 0.1) is 5.92 Å². The normalized spacial score (nSPS) is 16.9. The van der Waals surface area contributed by atoms with Crippen LogP contribution in [0.3, 0.4) is 0 Å². The summed E-state index contributed by atoms with van der Waals surface area (Å²) in [6, 6.07) is 19.4. The van der Waals surface area contributed by atoms with Crippen molar-refractivity contribution >= 4 is 23.3 Å². The molecule has 1 saturated carbocycles. The highest BCUT2D eigenvalue weighted by Crippen LogP contribution is 2.48. The maximum absolute atomic E-state index is 12.6. The third-order valence-electron chi connectivity index (χ3n) is 5.62. The van der Waals surface area contributed by atoms with Crippen LogP contribution in [0.25, 0.3) is 0 Å². The van der Waals surface area contributed by atoms with Crippen LogP contribution >= 0.6 is 11.6 Å². The van der Waals surface area contributed by atoms with Gasteiger partial charge in [-0.15, -0.1) is 5.10 Å². The van der Waals surface area contributed by atoms with Gasteiger partial charge in [-0.2, -0.15) is 10.2 Å². The maximum atomic E-state index is 12.6. The predicted octanol–water partition coefficient (Wildman–Crippen LogP) is 4.70. The number of nitrogens with one attached hydrogen (secondary N) is 1. The molecule has 2 atom stereocenters. The molecule has 4 aromatic rings. The molecule has 0 bridgehead atoms. The molecule has 5 rings (SSSR count). The van der Waals surface area contributed by atoms with Gasteiger partial charge in [0.15, 0.2) is 5.82 Å². The van der Waals surface area contributed by atoms with Crippen molar-refractivity contribution in [2.45, 2.75) is 25.5 Å². The molecule has 0 aliphatic heterocycles. The Hall–Kier alpha value is -3.71. The van der Waals surface area contributed by atoms with Crippen molar-refractivity contribution in [3.8, 4) is 5.75 Å². The molecular weight excluding hydrogens is 438 g/mol. The lowest BCUT2D eigenvalue weighted by Crippen LogP contribution is -2.16. The molecule has 33 heavy (non-hydrogen) atoms. The van der Waals surface area contributed by atoms with Gasteiger partial charge < -0.3 is 10.1 Å². The van der Waals surface area contributed by atoms with Crippen LogP contribution in [-0.4, -0.2) is 25.9 Å².